The maximum atomic E-state index is 12.0. The SMILES string of the molecule is COCCCNC(=O)CN(C)C(=O)c1ccoc1Br. The topological polar surface area (TPSA) is 71.8 Å². The van der Waals surface area contributed by atoms with Gasteiger partial charge in [0.25, 0.3) is 5.91 Å². The van der Waals surface area contributed by atoms with E-state index < -0.39 is 0 Å². The van der Waals surface area contributed by atoms with Crippen molar-refractivity contribution in [2.45, 2.75) is 6.42 Å². The lowest BCUT2D eigenvalue weighted by Gasteiger charge is -2.16. The fourth-order valence-electron chi connectivity index (χ4n) is 1.44. The lowest BCUT2D eigenvalue weighted by Crippen LogP contribution is -2.38. The van der Waals surface area contributed by atoms with E-state index in [1.165, 1.54) is 11.2 Å². The van der Waals surface area contributed by atoms with Gasteiger partial charge in [-0.2, -0.15) is 0 Å². The van der Waals surface area contributed by atoms with Crippen molar-refractivity contribution in [2.75, 3.05) is 33.9 Å². The molecule has 0 fully saturated rings. The second-order valence-corrected chi connectivity index (χ2v) is 4.69. The van der Waals surface area contributed by atoms with Gasteiger partial charge in [0, 0.05) is 27.3 Å². The molecule has 1 heterocycles. The molecule has 1 rings (SSSR count). The molecule has 0 aliphatic carbocycles. The van der Waals surface area contributed by atoms with Gasteiger partial charge in [-0.15, -0.1) is 0 Å². The molecule has 1 N–H and O–H groups in total. The molecular formula is C12H17BrN2O4. The highest BCUT2D eigenvalue weighted by molar-refractivity contribution is 9.10. The Balaban J connectivity index is 2.38. The Kier molecular flexibility index (Phi) is 6.58. The molecular weight excluding hydrogens is 316 g/mol. The van der Waals surface area contributed by atoms with E-state index in [2.05, 4.69) is 21.2 Å². The molecule has 7 heteroatoms. The third kappa shape index (κ3) is 5.04. The number of hydrogen-bond donors (Lipinski definition) is 1. The second-order valence-electron chi connectivity index (χ2n) is 3.97. The first kappa shape index (κ1) is 15.7. The van der Waals surface area contributed by atoms with E-state index in [4.69, 9.17) is 9.15 Å². The molecule has 1 aromatic rings. The van der Waals surface area contributed by atoms with E-state index in [1.807, 2.05) is 0 Å². The summed E-state index contributed by atoms with van der Waals surface area (Å²) in [6.45, 7) is 1.13. The number of furan rings is 1. The molecule has 6 nitrogen and oxygen atoms in total. The zero-order valence-electron chi connectivity index (χ0n) is 10.9. The van der Waals surface area contributed by atoms with Crippen LogP contribution in [0.15, 0.2) is 21.4 Å². The summed E-state index contributed by atoms with van der Waals surface area (Å²) in [4.78, 5) is 24.9. The fraction of sp³-hybridized carbons (Fsp3) is 0.500. The number of methoxy groups -OCH3 is 1. The Bertz CT molecular complexity index is 433. The zero-order valence-corrected chi connectivity index (χ0v) is 12.5. The third-order valence-corrected chi connectivity index (χ3v) is 3.04. The molecule has 0 saturated carbocycles. The van der Waals surface area contributed by atoms with Crippen molar-refractivity contribution in [3.63, 3.8) is 0 Å². The number of halogens is 1. The van der Waals surface area contributed by atoms with Crippen LogP contribution in [0.4, 0.5) is 0 Å². The van der Waals surface area contributed by atoms with Crippen LogP contribution in [-0.2, 0) is 9.53 Å². The summed E-state index contributed by atoms with van der Waals surface area (Å²) < 4.78 is 10.2. The van der Waals surface area contributed by atoms with Crippen LogP contribution in [0.5, 0.6) is 0 Å². The molecule has 0 saturated heterocycles. The van der Waals surface area contributed by atoms with Gasteiger partial charge in [0.05, 0.1) is 18.4 Å². The van der Waals surface area contributed by atoms with Crippen molar-refractivity contribution < 1.29 is 18.7 Å². The van der Waals surface area contributed by atoms with Crippen molar-refractivity contribution in [1.29, 1.82) is 0 Å². The van der Waals surface area contributed by atoms with Crippen LogP contribution in [0.25, 0.3) is 0 Å². The maximum absolute atomic E-state index is 12.0. The lowest BCUT2D eigenvalue weighted by atomic mass is 10.3. The minimum atomic E-state index is -0.271. The Morgan fingerprint density at radius 1 is 1.53 bits per heavy atom. The number of carbonyl (C=O) groups is 2. The third-order valence-electron chi connectivity index (χ3n) is 2.42. The Labute approximate surface area is 120 Å². The summed E-state index contributed by atoms with van der Waals surface area (Å²) in [5, 5.41) is 2.72. The van der Waals surface area contributed by atoms with Crippen molar-refractivity contribution >= 4 is 27.7 Å². The highest BCUT2D eigenvalue weighted by Gasteiger charge is 2.18. The molecule has 0 bridgehead atoms. The summed E-state index contributed by atoms with van der Waals surface area (Å²) >= 11 is 3.13. The predicted octanol–water partition coefficient (Wildman–Crippen LogP) is 1.27. The summed E-state index contributed by atoms with van der Waals surface area (Å²) in [5.41, 5.74) is 0.398. The van der Waals surface area contributed by atoms with Gasteiger partial charge in [0.1, 0.15) is 0 Å². The van der Waals surface area contributed by atoms with E-state index in [0.717, 1.165) is 6.42 Å². The van der Waals surface area contributed by atoms with Crippen molar-refractivity contribution in [3.8, 4) is 0 Å². The second kappa shape index (κ2) is 7.96. The van der Waals surface area contributed by atoms with Crippen molar-refractivity contribution in [1.82, 2.24) is 10.2 Å². The molecule has 0 aromatic carbocycles. The number of nitrogens with one attached hydrogen (secondary N) is 1. The van der Waals surface area contributed by atoms with Crippen LogP contribution in [0.1, 0.15) is 16.8 Å². The molecule has 0 atom stereocenters. The van der Waals surface area contributed by atoms with E-state index in [-0.39, 0.29) is 18.4 Å². The van der Waals surface area contributed by atoms with Gasteiger partial charge >= 0.3 is 0 Å². The molecule has 0 radical (unpaired) electrons. The van der Waals surface area contributed by atoms with E-state index >= 15 is 0 Å². The average molecular weight is 333 g/mol. The molecule has 0 aliphatic heterocycles. The maximum Gasteiger partial charge on any atom is 0.258 e. The Morgan fingerprint density at radius 2 is 2.26 bits per heavy atom. The first-order valence-corrected chi connectivity index (χ1v) is 6.59. The zero-order chi connectivity index (χ0) is 14.3. The highest BCUT2D eigenvalue weighted by Crippen LogP contribution is 2.18. The van der Waals surface area contributed by atoms with Gasteiger partial charge in [-0.25, -0.2) is 0 Å². The number of hydrogen-bond acceptors (Lipinski definition) is 4. The monoisotopic (exact) mass is 332 g/mol. The van der Waals surface area contributed by atoms with Crippen molar-refractivity contribution in [3.05, 3.63) is 22.6 Å². The van der Waals surface area contributed by atoms with Gasteiger partial charge in [0.15, 0.2) is 4.67 Å². The number of amides is 2. The van der Waals surface area contributed by atoms with E-state index in [0.29, 0.717) is 23.4 Å². The van der Waals surface area contributed by atoms with Crippen LogP contribution < -0.4 is 5.32 Å². The quantitative estimate of drug-likeness (QED) is 0.763. The number of carbonyl (C=O) groups excluding carboxylic acids is 2. The standard InChI is InChI=1S/C12H17BrN2O4/c1-15(8-10(16)14-5-3-6-18-2)12(17)9-4-7-19-11(9)13/h4,7H,3,5-6,8H2,1-2H3,(H,14,16). The molecule has 1 aromatic heterocycles. The molecule has 0 unspecified atom stereocenters. The van der Waals surface area contributed by atoms with Crippen LogP contribution in [0.2, 0.25) is 0 Å². The number of nitrogens with zero attached hydrogens (tertiary/aromatic N) is 1. The minimum Gasteiger partial charge on any atom is -0.457 e. The van der Waals surface area contributed by atoms with Crippen LogP contribution in [0.3, 0.4) is 0 Å². The largest absolute Gasteiger partial charge is 0.457 e. The first-order valence-electron chi connectivity index (χ1n) is 5.80. The number of likely N-dealkylation sites (N-methyl/N-ethyl adjacent to an activating group) is 1. The van der Waals surface area contributed by atoms with Crippen LogP contribution in [0, 0.1) is 0 Å². The molecule has 106 valence electrons. The summed E-state index contributed by atoms with van der Waals surface area (Å²) in [7, 11) is 3.17. The summed E-state index contributed by atoms with van der Waals surface area (Å²) in [6.07, 6.45) is 2.16. The summed E-state index contributed by atoms with van der Waals surface area (Å²) in [6, 6.07) is 1.55. The molecule has 0 spiro atoms. The summed E-state index contributed by atoms with van der Waals surface area (Å²) in [5.74, 6) is -0.473. The molecule has 0 aliphatic rings. The highest BCUT2D eigenvalue weighted by atomic mass is 79.9. The minimum absolute atomic E-state index is 0.00341. The average Bonchev–Trinajstić information content (AvgIpc) is 2.80. The van der Waals surface area contributed by atoms with Gasteiger partial charge in [-0.1, -0.05) is 0 Å². The lowest BCUT2D eigenvalue weighted by molar-refractivity contribution is -0.121. The Hall–Kier alpha value is -1.34. The van der Waals surface area contributed by atoms with Crippen LogP contribution in [-0.4, -0.2) is 50.6 Å². The number of ether oxygens (including phenoxy) is 1. The predicted molar refractivity (Wildman–Crippen MR) is 72.9 cm³/mol. The number of rotatable bonds is 7. The molecule has 19 heavy (non-hydrogen) atoms. The Morgan fingerprint density at radius 3 is 2.84 bits per heavy atom. The van der Waals surface area contributed by atoms with Crippen molar-refractivity contribution in [2.24, 2.45) is 0 Å². The van der Waals surface area contributed by atoms with Gasteiger partial charge < -0.3 is 19.4 Å². The van der Waals surface area contributed by atoms with E-state index in [1.54, 1.807) is 20.2 Å². The molecule has 2 amide bonds. The first-order chi connectivity index (χ1) is 9.06. The normalized spacial score (nSPS) is 10.3. The van der Waals surface area contributed by atoms with Gasteiger partial charge in [0.2, 0.25) is 5.91 Å². The smallest absolute Gasteiger partial charge is 0.258 e. The van der Waals surface area contributed by atoms with E-state index in [9.17, 15) is 9.59 Å². The van der Waals surface area contributed by atoms with Crippen LogP contribution >= 0.6 is 15.9 Å². The van der Waals surface area contributed by atoms with Gasteiger partial charge in [-0.05, 0) is 28.4 Å². The fourth-order valence-corrected chi connectivity index (χ4v) is 1.85. The van der Waals surface area contributed by atoms with Gasteiger partial charge in [-0.3, -0.25) is 9.59 Å².